The molecular formula is C16H12N2O2. The van der Waals surface area contributed by atoms with E-state index in [0.29, 0.717) is 0 Å². The minimum Gasteiger partial charge on any atom is -0.428 e. The third-order valence-corrected chi connectivity index (χ3v) is 3.29. The zero-order chi connectivity index (χ0) is 13.9. The molecule has 1 saturated heterocycles. The Labute approximate surface area is 116 Å². The summed E-state index contributed by atoms with van der Waals surface area (Å²) >= 11 is 0. The van der Waals surface area contributed by atoms with Crippen LogP contribution in [0.4, 0.5) is 4.79 Å². The monoisotopic (exact) mass is 264 g/mol. The van der Waals surface area contributed by atoms with E-state index in [2.05, 4.69) is 5.32 Å². The maximum atomic E-state index is 11.3. The quantitative estimate of drug-likeness (QED) is 0.906. The van der Waals surface area contributed by atoms with Crippen molar-refractivity contribution in [3.63, 3.8) is 0 Å². The molecule has 1 fully saturated rings. The number of ether oxygens (including phenoxy) is 1. The Morgan fingerprint density at radius 1 is 1.05 bits per heavy atom. The summed E-state index contributed by atoms with van der Waals surface area (Å²) in [5.41, 5.74) is 3.00. The summed E-state index contributed by atoms with van der Waals surface area (Å²) in [5.74, 6) is 0. The van der Waals surface area contributed by atoms with Crippen LogP contribution in [0.15, 0.2) is 54.6 Å². The summed E-state index contributed by atoms with van der Waals surface area (Å²) < 4.78 is 4.91. The number of hydrogen-bond donors (Lipinski definition) is 1. The molecular weight excluding hydrogens is 252 g/mol. The van der Waals surface area contributed by atoms with Crippen LogP contribution >= 0.6 is 0 Å². The average molecular weight is 264 g/mol. The molecule has 4 heteroatoms. The lowest BCUT2D eigenvalue weighted by atomic mass is 9.97. The van der Waals surface area contributed by atoms with Crippen LogP contribution < -0.4 is 5.32 Å². The average Bonchev–Trinajstić information content (AvgIpc) is 2.89. The normalized spacial score (nSPS) is 20.9. The van der Waals surface area contributed by atoms with Crippen LogP contribution in [0, 0.1) is 11.3 Å². The molecule has 1 N–H and O–H groups in total. The molecule has 0 aromatic heterocycles. The van der Waals surface area contributed by atoms with Crippen LogP contribution in [-0.4, -0.2) is 12.2 Å². The summed E-state index contributed by atoms with van der Waals surface area (Å²) in [4.78, 5) is 11.3. The van der Waals surface area contributed by atoms with Crippen LogP contribution in [0.2, 0.25) is 0 Å². The van der Waals surface area contributed by atoms with Gasteiger partial charge in [0.15, 0.2) is 0 Å². The Bertz CT molecular complexity index is 676. The van der Waals surface area contributed by atoms with E-state index < -0.39 is 18.2 Å². The first-order valence-corrected chi connectivity index (χ1v) is 6.30. The van der Waals surface area contributed by atoms with E-state index in [1.165, 1.54) is 0 Å². The number of rotatable bonds is 2. The van der Waals surface area contributed by atoms with Gasteiger partial charge in [0.2, 0.25) is 6.10 Å². The first-order valence-electron chi connectivity index (χ1n) is 6.30. The van der Waals surface area contributed by atoms with Gasteiger partial charge in [-0.05, 0) is 22.8 Å². The highest BCUT2D eigenvalue weighted by Crippen LogP contribution is 2.28. The molecule has 0 spiro atoms. The highest BCUT2D eigenvalue weighted by molar-refractivity contribution is 5.72. The van der Waals surface area contributed by atoms with E-state index in [9.17, 15) is 4.79 Å². The topological polar surface area (TPSA) is 62.1 Å². The second kappa shape index (κ2) is 5.06. The van der Waals surface area contributed by atoms with E-state index in [-0.39, 0.29) is 0 Å². The maximum absolute atomic E-state index is 11.3. The molecule has 0 aliphatic carbocycles. The van der Waals surface area contributed by atoms with Gasteiger partial charge in [0, 0.05) is 0 Å². The highest BCUT2D eigenvalue weighted by Gasteiger charge is 2.35. The van der Waals surface area contributed by atoms with Gasteiger partial charge in [-0.1, -0.05) is 48.5 Å². The molecule has 1 heterocycles. The minimum atomic E-state index is -0.784. The van der Waals surface area contributed by atoms with E-state index in [1.54, 1.807) is 0 Å². The number of carbonyl (C=O) groups excluding carboxylic acids is 1. The van der Waals surface area contributed by atoms with E-state index in [0.717, 1.165) is 16.7 Å². The van der Waals surface area contributed by atoms with Crippen LogP contribution in [0.1, 0.15) is 11.6 Å². The van der Waals surface area contributed by atoms with Crippen molar-refractivity contribution in [1.29, 1.82) is 5.26 Å². The Hall–Kier alpha value is -2.80. The molecule has 1 aliphatic heterocycles. The SMILES string of the molecule is N#C[C@H]1OC(=O)N[C@@H]1c1cccc(-c2ccccc2)c1. The van der Waals surface area contributed by atoms with Gasteiger partial charge in [-0.2, -0.15) is 5.26 Å². The van der Waals surface area contributed by atoms with Crippen molar-refractivity contribution in [3.8, 4) is 17.2 Å². The molecule has 0 bridgehead atoms. The van der Waals surface area contributed by atoms with Crippen molar-refractivity contribution in [2.45, 2.75) is 12.1 Å². The Morgan fingerprint density at radius 2 is 1.80 bits per heavy atom. The molecule has 98 valence electrons. The van der Waals surface area contributed by atoms with Gasteiger partial charge >= 0.3 is 6.09 Å². The van der Waals surface area contributed by atoms with Crippen molar-refractivity contribution in [2.75, 3.05) is 0 Å². The summed E-state index contributed by atoms with van der Waals surface area (Å²) in [6.45, 7) is 0. The van der Waals surface area contributed by atoms with Gasteiger partial charge in [-0.15, -0.1) is 0 Å². The fraction of sp³-hybridized carbons (Fsp3) is 0.125. The molecule has 4 nitrogen and oxygen atoms in total. The number of carbonyl (C=O) groups is 1. The van der Waals surface area contributed by atoms with Crippen molar-refractivity contribution >= 4 is 6.09 Å². The lowest BCUT2D eigenvalue weighted by Gasteiger charge is -2.12. The molecule has 2 aromatic rings. The summed E-state index contributed by atoms with van der Waals surface area (Å²) in [6.07, 6.45) is -1.33. The molecule has 0 radical (unpaired) electrons. The second-order valence-electron chi connectivity index (χ2n) is 4.57. The number of nitriles is 1. The molecule has 0 saturated carbocycles. The number of amides is 1. The van der Waals surface area contributed by atoms with E-state index >= 15 is 0 Å². The number of cyclic esters (lactones) is 1. The predicted molar refractivity (Wildman–Crippen MR) is 73.6 cm³/mol. The number of benzene rings is 2. The fourth-order valence-corrected chi connectivity index (χ4v) is 2.32. The first kappa shape index (κ1) is 12.2. The largest absolute Gasteiger partial charge is 0.428 e. The van der Waals surface area contributed by atoms with Crippen LogP contribution in [0.25, 0.3) is 11.1 Å². The molecule has 1 amide bonds. The van der Waals surface area contributed by atoms with Gasteiger partial charge < -0.3 is 10.1 Å². The van der Waals surface area contributed by atoms with Gasteiger partial charge in [-0.3, -0.25) is 0 Å². The fourth-order valence-electron chi connectivity index (χ4n) is 2.32. The second-order valence-corrected chi connectivity index (χ2v) is 4.57. The van der Waals surface area contributed by atoms with Crippen LogP contribution in [-0.2, 0) is 4.74 Å². The van der Waals surface area contributed by atoms with Gasteiger partial charge in [0.1, 0.15) is 12.1 Å². The molecule has 1 aliphatic rings. The highest BCUT2D eigenvalue weighted by atomic mass is 16.6. The van der Waals surface area contributed by atoms with Gasteiger partial charge in [-0.25, -0.2) is 4.79 Å². The predicted octanol–water partition coefficient (Wildman–Crippen LogP) is 3.03. The molecule has 0 unspecified atom stereocenters. The number of nitrogens with zero attached hydrogens (tertiary/aromatic N) is 1. The standard InChI is InChI=1S/C16H12N2O2/c17-10-14-15(18-16(19)20-14)13-8-4-7-12(9-13)11-5-2-1-3-6-11/h1-9,14-15H,(H,18,19)/t14-,15-/m1/s1. The van der Waals surface area contributed by atoms with E-state index in [4.69, 9.17) is 10.00 Å². The Balaban J connectivity index is 1.96. The van der Waals surface area contributed by atoms with Crippen molar-refractivity contribution in [2.24, 2.45) is 0 Å². The minimum absolute atomic E-state index is 0.420. The van der Waals surface area contributed by atoms with Gasteiger partial charge in [0.25, 0.3) is 0 Å². The molecule has 2 aromatic carbocycles. The zero-order valence-corrected chi connectivity index (χ0v) is 10.6. The lowest BCUT2D eigenvalue weighted by molar-refractivity contribution is 0.156. The van der Waals surface area contributed by atoms with Crippen LogP contribution in [0.3, 0.4) is 0 Å². The Kier molecular flexibility index (Phi) is 3.10. The summed E-state index contributed by atoms with van der Waals surface area (Å²) in [6, 6.07) is 19.3. The number of alkyl carbamates (subject to hydrolysis) is 1. The van der Waals surface area contributed by atoms with Crippen molar-refractivity contribution < 1.29 is 9.53 Å². The zero-order valence-electron chi connectivity index (χ0n) is 10.6. The molecule has 3 rings (SSSR count). The first-order chi connectivity index (χ1) is 9.78. The maximum Gasteiger partial charge on any atom is 0.409 e. The molecule has 2 atom stereocenters. The van der Waals surface area contributed by atoms with Crippen LogP contribution in [0.5, 0.6) is 0 Å². The summed E-state index contributed by atoms with van der Waals surface area (Å²) in [7, 11) is 0. The molecule has 20 heavy (non-hydrogen) atoms. The lowest BCUT2D eigenvalue weighted by Crippen LogP contribution is -2.21. The Morgan fingerprint density at radius 3 is 2.55 bits per heavy atom. The summed E-state index contributed by atoms with van der Waals surface area (Å²) in [5, 5.41) is 11.7. The van der Waals surface area contributed by atoms with Gasteiger partial charge in [0.05, 0.1) is 0 Å². The van der Waals surface area contributed by atoms with Crippen molar-refractivity contribution in [1.82, 2.24) is 5.32 Å². The number of hydrogen-bond acceptors (Lipinski definition) is 3. The third kappa shape index (κ3) is 2.21. The smallest absolute Gasteiger partial charge is 0.409 e. The third-order valence-electron chi connectivity index (χ3n) is 3.29. The number of nitrogens with one attached hydrogen (secondary N) is 1. The van der Waals surface area contributed by atoms with E-state index in [1.807, 2.05) is 60.7 Å². The van der Waals surface area contributed by atoms with Crippen molar-refractivity contribution in [3.05, 3.63) is 60.2 Å².